The fourth-order valence-corrected chi connectivity index (χ4v) is 0.975. The highest BCUT2D eigenvalue weighted by molar-refractivity contribution is 6.52. The lowest BCUT2D eigenvalue weighted by atomic mass is 9.81. The molecule has 106 valence electrons. The Morgan fingerprint density at radius 2 is 2.21 bits per heavy atom. The fraction of sp³-hybridized carbons (Fsp3) is 0.400. The molecule has 0 heterocycles. The number of nitrogens with one attached hydrogen (secondary N) is 2. The summed E-state index contributed by atoms with van der Waals surface area (Å²) in [6.45, 7) is 6.63. The molecule has 0 aliphatic heterocycles. The van der Waals surface area contributed by atoms with Gasteiger partial charge in [0, 0.05) is 6.42 Å². The fourth-order valence-electron chi connectivity index (χ4n) is 0.975. The van der Waals surface area contributed by atoms with E-state index in [2.05, 4.69) is 28.1 Å². The lowest BCUT2D eigenvalue weighted by molar-refractivity contribution is -0.145. The third-order valence-electron chi connectivity index (χ3n) is 2.07. The van der Waals surface area contributed by atoms with Gasteiger partial charge in [0.15, 0.2) is 0 Å². The van der Waals surface area contributed by atoms with E-state index in [1.807, 2.05) is 5.64 Å². The second-order valence-corrected chi connectivity index (χ2v) is 3.46. The molecule has 9 heteroatoms. The minimum absolute atomic E-state index is 0.131. The lowest BCUT2D eigenvalue weighted by Gasteiger charge is -2.14. The molecule has 4 N–H and O–H groups in total. The van der Waals surface area contributed by atoms with Crippen molar-refractivity contribution >= 4 is 19.4 Å². The molecule has 0 aromatic rings. The van der Waals surface area contributed by atoms with Gasteiger partial charge in [-0.05, 0) is 11.9 Å². The molecule has 0 aromatic carbocycles. The summed E-state index contributed by atoms with van der Waals surface area (Å²) < 4.78 is 4.59. The molecule has 0 radical (unpaired) electrons. The third kappa shape index (κ3) is 8.24. The Kier molecular flexibility index (Phi) is 9.58. The first kappa shape index (κ1) is 17.5. The molecule has 0 amide bonds. The first-order chi connectivity index (χ1) is 9.02. The van der Waals surface area contributed by atoms with E-state index in [1.165, 1.54) is 6.08 Å². The minimum atomic E-state index is -1.32. The summed E-state index contributed by atoms with van der Waals surface area (Å²) in [5, 5.41) is 20.6. The largest absolute Gasteiger partial charge is 0.510 e. The summed E-state index contributed by atoms with van der Waals surface area (Å²) in [4.78, 5) is 25.6. The van der Waals surface area contributed by atoms with Crippen LogP contribution in [-0.4, -0.2) is 42.3 Å². The molecule has 19 heavy (non-hydrogen) atoms. The van der Waals surface area contributed by atoms with E-state index in [0.29, 0.717) is 6.29 Å². The highest BCUT2D eigenvalue weighted by Gasteiger charge is 2.17. The molecule has 0 spiro atoms. The van der Waals surface area contributed by atoms with Gasteiger partial charge in [-0.25, -0.2) is 0 Å². The third-order valence-corrected chi connectivity index (χ3v) is 2.07. The van der Waals surface area contributed by atoms with E-state index in [1.54, 1.807) is 0 Å². The van der Waals surface area contributed by atoms with Gasteiger partial charge in [0.1, 0.15) is 19.1 Å². The van der Waals surface area contributed by atoms with Crippen molar-refractivity contribution in [3.63, 3.8) is 0 Å². The Labute approximate surface area is 111 Å². The Balaban J connectivity index is 3.76. The highest BCUT2D eigenvalue weighted by atomic mass is 16.9. The van der Waals surface area contributed by atoms with E-state index in [-0.39, 0.29) is 25.0 Å². The van der Waals surface area contributed by atoms with Gasteiger partial charge in [-0.3, -0.25) is 19.7 Å². The van der Waals surface area contributed by atoms with Crippen LogP contribution in [0.2, 0.25) is 0 Å². The molecule has 0 aliphatic rings. The van der Waals surface area contributed by atoms with Crippen molar-refractivity contribution in [1.82, 2.24) is 11.0 Å². The Hall–Kier alpha value is -1.52. The summed E-state index contributed by atoms with van der Waals surface area (Å²) >= 11 is 0. The van der Waals surface area contributed by atoms with E-state index < -0.39 is 19.1 Å². The average molecular weight is 272 g/mol. The van der Waals surface area contributed by atoms with Gasteiger partial charge in [-0.2, -0.15) is 0 Å². The molecule has 1 atom stereocenters. The Morgan fingerprint density at radius 1 is 1.53 bits per heavy atom. The summed E-state index contributed by atoms with van der Waals surface area (Å²) in [5.74, 6) is -1.09. The SMILES string of the molecule is C=CC(=C)B(O)ONOCN[C@@H](CCC=O)C(=O)O. The molecular formula is C10H17BN2O6. The topological polar surface area (TPSA) is 117 Å². The monoisotopic (exact) mass is 272 g/mol. The zero-order valence-electron chi connectivity index (χ0n) is 10.4. The number of carbonyl (C=O) groups is 2. The Morgan fingerprint density at radius 3 is 2.74 bits per heavy atom. The van der Waals surface area contributed by atoms with Crippen LogP contribution in [0.3, 0.4) is 0 Å². The number of aldehydes is 1. The number of carboxylic acids is 1. The predicted molar refractivity (Wildman–Crippen MR) is 67.3 cm³/mol. The molecule has 0 aromatic heterocycles. The highest BCUT2D eigenvalue weighted by Crippen LogP contribution is 1.96. The van der Waals surface area contributed by atoms with Crippen LogP contribution in [0.15, 0.2) is 24.7 Å². The quantitative estimate of drug-likeness (QED) is 0.0909. The summed E-state index contributed by atoms with van der Waals surface area (Å²) in [7, 11) is -1.32. The van der Waals surface area contributed by atoms with E-state index in [0.717, 1.165) is 0 Å². The van der Waals surface area contributed by atoms with Crippen LogP contribution >= 0.6 is 0 Å². The average Bonchev–Trinajstić information content (AvgIpc) is 2.40. The van der Waals surface area contributed by atoms with Gasteiger partial charge >= 0.3 is 13.1 Å². The molecule has 0 saturated heterocycles. The van der Waals surface area contributed by atoms with Gasteiger partial charge < -0.3 is 14.9 Å². The number of aliphatic carboxylic acids is 1. The van der Waals surface area contributed by atoms with Gasteiger partial charge in [-0.15, -0.1) is 0 Å². The molecule has 0 aliphatic carbocycles. The maximum Gasteiger partial charge on any atom is 0.510 e. The summed E-state index contributed by atoms with van der Waals surface area (Å²) in [6, 6.07) is -0.903. The van der Waals surface area contributed by atoms with Crippen molar-refractivity contribution in [1.29, 1.82) is 0 Å². The first-order valence-corrected chi connectivity index (χ1v) is 5.44. The van der Waals surface area contributed by atoms with Crippen LogP contribution in [0.4, 0.5) is 0 Å². The molecule has 0 unspecified atom stereocenters. The van der Waals surface area contributed by atoms with Crippen molar-refractivity contribution in [2.24, 2.45) is 0 Å². The van der Waals surface area contributed by atoms with E-state index in [4.69, 9.17) is 5.11 Å². The van der Waals surface area contributed by atoms with Gasteiger partial charge in [0.2, 0.25) is 0 Å². The van der Waals surface area contributed by atoms with Crippen molar-refractivity contribution < 1.29 is 29.3 Å². The lowest BCUT2D eigenvalue weighted by Crippen LogP contribution is -2.40. The van der Waals surface area contributed by atoms with Crippen molar-refractivity contribution in [2.45, 2.75) is 18.9 Å². The predicted octanol–water partition coefficient (Wildman–Crippen LogP) is -0.820. The second kappa shape index (κ2) is 10.4. The molecule has 0 saturated carbocycles. The standard InChI is InChI=1S/C10H17BN2O6/c1-3-8(2)11(17)19-13-18-7-12-9(10(15)16)5-4-6-14/h3,6,9,12-13,17H,1-2,4-5,7H2,(H,15,16)/t9-/m0/s1. The van der Waals surface area contributed by atoms with Crippen LogP contribution in [-0.2, 0) is 19.2 Å². The zero-order chi connectivity index (χ0) is 14.7. The summed E-state index contributed by atoms with van der Waals surface area (Å²) in [6.07, 6.45) is 2.23. The van der Waals surface area contributed by atoms with E-state index in [9.17, 15) is 14.6 Å². The Bertz CT molecular complexity index is 325. The summed E-state index contributed by atoms with van der Waals surface area (Å²) in [5.41, 5.74) is 2.20. The van der Waals surface area contributed by atoms with Crippen LogP contribution in [0.1, 0.15) is 12.8 Å². The van der Waals surface area contributed by atoms with Crippen LogP contribution in [0.5, 0.6) is 0 Å². The number of rotatable bonds is 12. The van der Waals surface area contributed by atoms with E-state index >= 15 is 0 Å². The van der Waals surface area contributed by atoms with Gasteiger partial charge in [0.05, 0.1) is 0 Å². The van der Waals surface area contributed by atoms with Crippen LogP contribution < -0.4 is 11.0 Å². The van der Waals surface area contributed by atoms with Gasteiger partial charge in [0.25, 0.3) is 0 Å². The maximum atomic E-state index is 10.8. The second-order valence-electron chi connectivity index (χ2n) is 3.46. The number of carboxylic acid groups (broad SMARTS) is 1. The normalized spacial score (nSPS) is 11.6. The smallest absolute Gasteiger partial charge is 0.480 e. The molecule has 8 nitrogen and oxygen atoms in total. The molecule has 0 rings (SSSR count). The molecule has 0 fully saturated rings. The van der Waals surface area contributed by atoms with Gasteiger partial charge in [-0.1, -0.05) is 24.9 Å². The number of hydrogen-bond donors (Lipinski definition) is 4. The number of allylic oxidation sites excluding steroid dienone is 2. The van der Waals surface area contributed by atoms with Crippen molar-refractivity contribution in [3.05, 3.63) is 24.7 Å². The van der Waals surface area contributed by atoms with Crippen molar-refractivity contribution in [2.75, 3.05) is 6.73 Å². The first-order valence-electron chi connectivity index (χ1n) is 5.44. The molecular weight excluding hydrogens is 255 g/mol. The van der Waals surface area contributed by atoms with Crippen LogP contribution in [0, 0.1) is 0 Å². The number of hydrogen-bond acceptors (Lipinski definition) is 7. The molecule has 0 bridgehead atoms. The van der Waals surface area contributed by atoms with Crippen molar-refractivity contribution in [3.8, 4) is 0 Å². The van der Waals surface area contributed by atoms with Crippen LogP contribution in [0.25, 0.3) is 0 Å². The minimum Gasteiger partial charge on any atom is -0.480 e. The zero-order valence-corrected chi connectivity index (χ0v) is 10.4. The maximum absolute atomic E-state index is 10.8. The number of carbonyl (C=O) groups excluding carboxylic acids is 1.